The van der Waals surface area contributed by atoms with E-state index in [4.69, 9.17) is 4.74 Å². The second-order valence-electron chi connectivity index (χ2n) is 4.15. The monoisotopic (exact) mass is 262 g/mol. The molecule has 0 saturated carbocycles. The van der Waals surface area contributed by atoms with Crippen LogP contribution in [0.25, 0.3) is 0 Å². The van der Waals surface area contributed by atoms with Crippen molar-refractivity contribution < 1.29 is 18.3 Å². The van der Waals surface area contributed by atoms with Gasteiger partial charge in [-0.1, -0.05) is 24.3 Å². The molecule has 0 N–H and O–H groups in total. The van der Waals surface area contributed by atoms with Crippen LogP contribution in [0.2, 0.25) is 0 Å². The van der Waals surface area contributed by atoms with Gasteiger partial charge in [-0.15, -0.1) is 0 Å². The zero-order valence-corrected chi connectivity index (χ0v) is 10.3. The lowest BCUT2D eigenvalue weighted by Gasteiger charge is -2.07. The summed E-state index contributed by atoms with van der Waals surface area (Å²) in [5, 5.41) is 0. The molecule has 4 heteroatoms. The first kappa shape index (κ1) is 13.2. The van der Waals surface area contributed by atoms with Gasteiger partial charge in [-0.2, -0.15) is 0 Å². The molecule has 0 aliphatic heterocycles. The molecular weight excluding hydrogens is 250 g/mol. The van der Waals surface area contributed by atoms with Crippen LogP contribution in [0, 0.1) is 18.6 Å². The number of hydrogen-bond donors (Lipinski definition) is 0. The predicted molar refractivity (Wildman–Crippen MR) is 66.7 cm³/mol. The van der Waals surface area contributed by atoms with E-state index in [0.29, 0.717) is 5.56 Å². The minimum Gasteiger partial charge on any atom is -0.457 e. The second kappa shape index (κ2) is 5.61. The van der Waals surface area contributed by atoms with E-state index in [1.54, 1.807) is 25.1 Å². The molecule has 0 bridgehead atoms. The summed E-state index contributed by atoms with van der Waals surface area (Å²) in [7, 11) is 0. The zero-order valence-electron chi connectivity index (χ0n) is 10.3. The van der Waals surface area contributed by atoms with Gasteiger partial charge in [0, 0.05) is 5.56 Å². The normalized spacial score (nSPS) is 10.3. The van der Waals surface area contributed by atoms with Gasteiger partial charge < -0.3 is 4.74 Å². The fourth-order valence-electron chi connectivity index (χ4n) is 1.62. The van der Waals surface area contributed by atoms with Crippen LogP contribution in [-0.4, -0.2) is 5.97 Å². The Labute approximate surface area is 109 Å². The quantitative estimate of drug-likeness (QED) is 0.789. The first-order valence-electron chi connectivity index (χ1n) is 5.74. The number of ether oxygens (including phenoxy) is 1. The van der Waals surface area contributed by atoms with Crippen LogP contribution in [-0.2, 0) is 11.3 Å². The third-order valence-electron chi connectivity index (χ3n) is 2.66. The highest BCUT2D eigenvalue weighted by Gasteiger charge is 2.13. The largest absolute Gasteiger partial charge is 0.457 e. The van der Waals surface area contributed by atoms with Gasteiger partial charge in [-0.25, -0.2) is 13.6 Å². The lowest BCUT2D eigenvalue weighted by Crippen LogP contribution is -2.08. The summed E-state index contributed by atoms with van der Waals surface area (Å²) < 4.78 is 31.7. The highest BCUT2D eigenvalue weighted by Crippen LogP contribution is 2.13. The molecule has 0 spiro atoms. The number of carbonyl (C=O) groups excluding carboxylic acids is 1. The van der Waals surface area contributed by atoms with Crippen molar-refractivity contribution in [2.45, 2.75) is 13.5 Å². The van der Waals surface area contributed by atoms with Gasteiger partial charge in [0.15, 0.2) is 0 Å². The van der Waals surface area contributed by atoms with E-state index in [1.807, 2.05) is 0 Å². The summed E-state index contributed by atoms with van der Waals surface area (Å²) in [5.41, 5.74) is 0.813. The zero-order chi connectivity index (χ0) is 13.8. The Kier molecular flexibility index (Phi) is 3.90. The van der Waals surface area contributed by atoms with Crippen LogP contribution >= 0.6 is 0 Å². The molecule has 2 nitrogen and oxygen atoms in total. The molecule has 0 aromatic heterocycles. The summed E-state index contributed by atoms with van der Waals surface area (Å²) in [5.74, 6) is -1.90. The smallest absolute Gasteiger partial charge is 0.341 e. The van der Waals surface area contributed by atoms with Crippen molar-refractivity contribution >= 4 is 5.97 Å². The van der Waals surface area contributed by atoms with Crippen molar-refractivity contribution in [3.05, 3.63) is 70.8 Å². The van der Waals surface area contributed by atoms with E-state index in [0.717, 1.165) is 0 Å². The topological polar surface area (TPSA) is 26.3 Å². The molecule has 0 radical (unpaired) electrons. The summed E-state index contributed by atoms with van der Waals surface area (Å²) in [6.45, 7) is 1.50. The Morgan fingerprint density at radius 3 is 2.53 bits per heavy atom. The van der Waals surface area contributed by atoms with Crippen LogP contribution < -0.4 is 0 Å². The fraction of sp³-hybridized carbons (Fsp3) is 0.133. The molecular formula is C15H12F2O2. The van der Waals surface area contributed by atoms with Gasteiger partial charge in [-0.3, -0.25) is 0 Å². The fourth-order valence-corrected chi connectivity index (χ4v) is 1.62. The van der Waals surface area contributed by atoms with E-state index < -0.39 is 17.6 Å². The summed E-state index contributed by atoms with van der Waals surface area (Å²) in [4.78, 5) is 11.7. The number of benzene rings is 2. The van der Waals surface area contributed by atoms with Gasteiger partial charge in [0.05, 0.1) is 5.56 Å². The number of aryl methyl sites for hydroxylation is 1. The van der Waals surface area contributed by atoms with Gasteiger partial charge in [-0.05, 0) is 30.7 Å². The van der Waals surface area contributed by atoms with Crippen LogP contribution in [0.1, 0.15) is 21.5 Å². The molecule has 0 atom stereocenters. The van der Waals surface area contributed by atoms with E-state index >= 15 is 0 Å². The Hall–Kier alpha value is -2.23. The molecule has 98 valence electrons. The maximum Gasteiger partial charge on any atom is 0.341 e. The van der Waals surface area contributed by atoms with Gasteiger partial charge >= 0.3 is 5.97 Å². The maximum absolute atomic E-state index is 13.5. The summed E-state index contributed by atoms with van der Waals surface area (Å²) in [6, 6.07) is 10.2. The van der Waals surface area contributed by atoms with Crippen molar-refractivity contribution in [2.75, 3.05) is 0 Å². The van der Waals surface area contributed by atoms with Crippen LogP contribution in [0.4, 0.5) is 8.78 Å². The lowest BCUT2D eigenvalue weighted by molar-refractivity contribution is 0.0463. The number of carbonyl (C=O) groups is 1. The Morgan fingerprint density at radius 2 is 1.84 bits per heavy atom. The van der Waals surface area contributed by atoms with Crippen molar-refractivity contribution in [3.63, 3.8) is 0 Å². The Bertz CT molecular complexity index is 609. The van der Waals surface area contributed by atoms with Crippen LogP contribution in [0.15, 0.2) is 42.5 Å². The molecule has 0 aliphatic rings. The lowest BCUT2D eigenvalue weighted by atomic mass is 10.1. The highest BCUT2D eigenvalue weighted by atomic mass is 19.1. The van der Waals surface area contributed by atoms with Crippen molar-refractivity contribution in [3.8, 4) is 0 Å². The Morgan fingerprint density at radius 1 is 1.11 bits per heavy atom. The first-order valence-corrected chi connectivity index (χ1v) is 5.74. The molecule has 0 saturated heterocycles. The van der Waals surface area contributed by atoms with E-state index in [1.165, 1.54) is 24.3 Å². The molecule has 19 heavy (non-hydrogen) atoms. The Balaban J connectivity index is 2.08. The van der Waals surface area contributed by atoms with Gasteiger partial charge in [0.25, 0.3) is 0 Å². The first-order chi connectivity index (χ1) is 9.08. The van der Waals surface area contributed by atoms with Gasteiger partial charge in [0.2, 0.25) is 0 Å². The summed E-state index contributed by atoms with van der Waals surface area (Å²) >= 11 is 0. The number of halogens is 2. The molecule has 0 unspecified atom stereocenters. The van der Waals surface area contributed by atoms with Crippen LogP contribution in [0.5, 0.6) is 0 Å². The number of esters is 1. The molecule has 0 fully saturated rings. The third-order valence-corrected chi connectivity index (χ3v) is 2.66. The molecule has 0 aliphatic carbocycles. The highest BCUT2D eigenvalue weighted by molar-refractivity contribution is 5.89. The van der Waals surface area contributed by atoms with Crippen LogP contribution in [0.3, 0.4) is 0 Å². The average molecular weight is 262 g/mol. The summed E-state index contributed by atoms with van der Waals surface area (Å²) in [6.07, 6.45) is 0. The molecule has 2 rings (SSSR count). The molecule has 0 heterocycles. The van der Waals surface area contributed by atoms with E-state index in [9.17, 15) is 13.6 Å². The third kappa shape index (κ3) is 3.16. The van der Waals surface area contributed by atoms with Crippen molar-refractivity contribution in [1.29, 1.82) is 0 Å². The molecule has 0 amide bonds. The number of hydrogen-bond acceptors (Lipinski definition) is 2. The van der Waals surface area contributed by atoms with E-state index in [2.05, 4.69) is 0 Å². The van der Waals surface area contributed by atoms with E-state index in [-0.39, 0.29) is 17.7 Å². The second-order valence-corrected chi connectivity index (χ2v) is 4.15. The van der Waals surface area contributed by atoms with Gasteiger partial charge in [0.1, 0.15) is 18.2 Å². The minimum atomic E-state index is -0.805. The number of rotatable bonds is 3. The predicted octanol–water partition coefficient (Wildman–Crippen LogP) is 3.63. The van der Waals surface area contributed by atoms with Crippen molar-refractivity contribution in [1.82, 2.24) is 0 Å². The SMILES string of the molecule is Cc1ccc(C(=O)OCc2ccccc2F)c(F)c1. The minimum absolute atomic E-state index is 0.151. The average Bonchev–Trinajstić information content (AvgIpc) is 2.37. The molecule has 2 aromatic rings. The van der Waals surface area contributed by atoms with Crippen molar-refractivity contribution in [2.24, 2.45) is 0 Å². The maximum atomic E-state index is 13.5. The standard InChI is InChI=1S/C15H12F2O2/c1-10-6-7-12(14(17)8-10)15(18)19-9-11-4-2-3-5-13(11)16/h2-8H,9H2,1H3. The molecule has 2 aromatic carbocycles.